The first kappa shape index (κ1) is 27.0. The maximum absolute atomic E-state index is 12.3. The summed E-state index contributed by atoms with van der Waals surface area (Å²) in [7, 11) is 0. The van der Waals surface area contributed by atoms with Gasteiger partial charge in [0.05, 0.1) is 12.3 Å². The SMILES string of the molecule is Cc1nc(N)c2c(n1)OC(C)(C)C(c1ccc([C@H]3CC[C@H](CNC(=O)C(O)C(C)(C)CO)CC3)cc1)=N2. The maximum Gasteiger partial charge on any atom is 0.249 e. The highest BCUT2D eigenvalue weighted by Crippen LogP contribution is 2.40. The van der Waals surface area contributed by atoms with Gasteiger partial charge < -0.3 is 26.0 Å². The number of aliphatic hydroxyl groups is 2. The Bertz CT molecular complexity index is 1170. The Kier molecular flexibility index (Phi) is 7.57. The summed E-state index contributed by atoms with van der Waals surface area (Å²) in [6.45, 7) is 9.36. The van der Waals surface area contributed by atoms with Crippen molar-refractivity contribution in [2.24, 2.45) is 16.3 Å². The van der Waals surface area contributed by atoms with Crippen molar-refractivity contribution in [3.8, 4) is 5.88 Å². The van der Waals surface area contributed by atoms with Crippen LogP contribution in [0.25, 0.3) is 0 Å². The monoisotopic (exact) mass is 509 g/mol. The van der Waals surface area contributed by atoms with Crippen LogP contribution in [0, 0.1) is 18.3 Å². The van der Waals surface area contributed by atoms with Crippen LogP contribution in [0.5, 0.6) is 5.88 Å². The van der Waals surface area contributed by atoms with Crippen molar-refractivity contribution in [3.63, 3.8) is 0 Å². The summed E-state index contributed by atoms with van der Waals surface area (Å²) < 4.78 is 6.17. The Hall–Kier alpha value is -3.04. The number of aliphatic imine (C=N–C) groups is 1. The van der Waals surface area contributed by atoms with E-state index in [2.05, 4.69) is 39.6 Å². The second-order valence-corrected chi connectivity index (χ2v) is 11.5. The third kappa shape index (κ3) is 5.78. The first-order valence-electron chi connectivity index (χ1n) is 13.0. The van der Waals surface area contributed by atoms with Crippen molar-refractivity contribution in [1.29, 1.82) is 0 Å². The van der Waals surface area contributed by atoms with E-state index in [9.17, 15) is 15.0 Å². The van der Waals surface area contributed by atoms with E-state index in [0.717, 1.165) is 37.0 Å². The number of amides is 1. The highest BCUT2D eigenvalue weighted by molar-refractivity contribution is 6.09. The Balaban J connectivity index is 1.37. The summed E-state index contributed by atoms with van der Waals surface area (Å²) in [6, 6.07) is 8.51. The van der Waals surface area contributed by atoms with E-state index in [1.807, 2.05) is 13.8 Å². The van der Waals surface area contributed by atoms with E-state index in [4.69, 9.17) is 15.5 Å². The normalized spacial score (nSPS) is 21.9. The lowest BCUT2D eigenvalue weighted by atomic mass is 9.78. The molecule has 0 spiro atoms. The van der Waals surface area contributed by atoms with Gasteiger partial charge in [-0.2, -0.15) is 4.98 Å². The fourth-order valence-electron chi connectivity index (χ4n) is 5.08. The maximum atomic E-state index is 12.3. The Labute approximate surface area is 218 Å². The number of nitrogens with one attached hydrogen (secondary N) is 1. The van der Waals surface area contributed by atoms with Crippen molar-refractivity contribution in [2.75, 3.05) is 18.9 Å². The molecule has 0 bridgehead atoms. The van der Waals surface area contributed by atoms with Crippen molar-refractivity contribution < 1.29 is 19.7 Å². The van der Waals surface area contributed by atoms with Gasteiger partial charge >= 0.3 is 0 Å². The lowest BCUT2D eigenvalue weighted by molar-refractivity contribution is -0.137. The van der Waals surface area contributed by atoms with Crippen molar-refractivity contribution >= 4 is 23.1 Å². The predicted octanol–water partition coefficient (Wildman–Crippen LogP) is 3.43. The van der Waals surface area contributed by atoms with Crippen LogP contribution < -0.4 is 15.8 Å². The number of aromatic nitrogens is 2. The topological polar surface area (TPSA) is 143 Å². The van der Waals surface area contributed by atoms with E-state index >= 15 is 0 Å². The zero-order valence-corrected chi connectivity index (χ0v) is 22.4. The molecular formula is C28H39N5O4. The van der Waals surface area contributed by atoms with Crippen molar-refractivity contribution in [1.82, 2.24) is 15.3 Å². The molecule has 200 valence electrons. The fraction of sp³-hybridized carbons (Fsp3) is 0.571. The van der Waals surface area contributed by atoms with Gasteiger partial charge in [-0.3, -0.25) is 4.79 Å². The molecule has 1 aliphatic heterocycles. The minimum atomic E-state index is -1.22. The second-order valence-electron chi connectivity index (χ2n) is 11.5. The summed E-state index contributed by atoms with van der Waals surface area (Å²) >= 11 is 0. The van der Waals surface area contributed by atoms with Gasteiger partial charge in [0.25, 0.3) is 0 Å². The summed E-state index contributed by atoms with van der Waals surface area (Å²) in [4.78, 5) is 25.7. The van der Waals surface area contributed by atoms with Crippen LogP contribution in [0.3, 0.4) is 0 Å². The molecule has 1 fully saturated rings. The molecule has 9 nitrogen and oxygen atoms in total. The number of carbonyl (C=O) groups excluding carboxylic acids is 1. The van der Waals surface area contributed by atoms with Crippen LogP contribution in [0.2, 0.25) is 0 Å². The smallest absolute Gasteiger partial charge is 0.249 e. The summed E-state index contributed by atoms with van der Waals surface area (Å²) in [5, 5.41) is 22.4. The zero-order valence-electron chi connectivity index (χ0n) is 22.4. The van der Waals surface area contributed by atoms with Gasteiger partial charge in [0.15, 0.2) is 11.5 Å². The Morgan fingerprint density at radius 2 is 1.84 bits per heavy atom. The third-order valence-corrected chi connectivity index (χ3v) is 7.60. The van der Waals surface area contributed by atoms with Gasteiger partial charge in [-0.25, -0.2) is 9.98 Å². The Morgan fingerprint density at radius 1 is 1.19 bits per heavy atom. The highest BCUT2D eigenvalue weighted by Gasteiger charge is 2.36. The number of nitrogens with zero attached hydrogens (tertiary/aromatic N) is 3. The first-order valence-corrected chi connectivity index (χ1v) is 13.0. The van der Waals surface area contributed by atoms with Crippen LogP contribution >= 0.6 is 0 Å². The van der Waals surface area contributed by atoms with E-state index in [1.165, 1.54) is 5.56 Å². The Morgan fingerprint density at radius 3 is 2.46 bits per heavy atom. The molecule has 1 amide bonds. The lowest BCUT2D eigenvalue weighted by Crippen LogP contribution is -2.46. The number of carbonyl (C=O) groups is 1. The third-order valence-electron chi connectivity index (χ3n) is 7.60. The fourth-order valence-corrected chi connectivity index (χ4v) is 5.08. The average Bonchev–Trinajstić information content (AvgIpc) is 2.86. The van der Waals surface area contributed by atoms with Crippen LogP contribution in [0.15, 0.2) is 29.3 Å². The second kappa shape index (κ2) is 10.4. The number of hydrogen-bond donors (Lipinski definition) is 4. The molecule has 2 aromatic rings. The van der Waals surface area contributed by atoms with Gasteiger partial charge in [-0.15, -0.1) is 0 Å². The summed E-state index contributed by atoms with van der Waals surface area (Å²) in [6.07, 6.45) is 2.88. The van der Waals surface area contributed by atoms with Gasteiger partial charge in [-0.1, -0.05) is 38.1 Å². The first-order chi connectivity index (χ1) is 17.4. The zero-order chi connectivity index (χ0) is 27.0. The number of anilines is 1. The number of nitrogen functional groups attached to an aromatic ring is 1. The molecule has 4 rings (SSSR count). The number of aryl methyl sites for hydroxylation is 1. The quantitative estimate of drug-likeness (QED) is 0.448. The number of aliphatic hydroxyl groups excluding tert-OH is 2. The number of ether oxygens (including phenoxy) is 1. The standard InChI is InChI=1S/C28H39N5O4/c1-16-31-24(29)21-26(32-16)37-28(4,5)22(33-21)20-12-10-19(11-13-20)18-8-6-17(7-9-18)14-30-25(36)23(35)27(2,3)15-34/h10-13,17-18,23,34-35H,6-9,14-15H2,1-5H3,(H,30,36)(H2,29,31,32)/t17-,18-,23?. The summed E-state index contributed by atoms with van der Waals surface area (Å²) in [5.74, 6) is 1.71. The highest BCUT2D eigenvalue weighted by atomic mass is 16.5. The van der Waals surface area contributed by atoms with Gasteiger partial charge in [0.2, 0.25) is 11.8 Å². The number of benzene rings is 1. The molecule has 0 saturated heterocycles. The molecule has 1 unspecified atom stereocenters. The predicted molar refractivity (Wildman–Crippen MR) is 143 cm³/mol. The molecule has 2 heterocycles. The largest absolute Gasteiger partial charge is 0.463 e. The average molecular weight is 510 g/mol. The van der Waals surface area contributed by atoms with E-state index < -0.39 is 23.0 Å². The van der Waals surface area contributed by atoms with Crippen molar-refractivity contribution in [3.05, 3.63) is 41.2 Å². The van der Waals surface area contributed by atoms with Crippen LogP contribution in [0.1, 0.15) is 76.2 Å². The molecule has 1 aromatic carbocycles. The van der Waals surface area contributed by atoms with E-state index in [1.54, 1.807) is 20.8 Å². The van der Waals surface area contributed by atoms with Gasteiger partial charge in [0.1, 0.15) is 17.5 Å². The number of rotatable bonds is 7. The van der Waals surface area contributed by atoms with Crippen LogP contribution in [-0.4, -0.2) is 56.7 Å². The molecule has 0 radical (unpaired) electrons. The molecule has 5 N–H and O–H groups in total. The molecule has 37 heavy (non-hydrogen) atoms. The molecule has 1 aliphatic carbocycles. The van der Waals surface area contributed by atoms with Crippen LogP contribution in [-0.2, 0) is 4.79 Å². The van der Waals surface area contributed by atoms with Gasteiger partial charge in [-0.05, 0) is 63.9 Å². The lowest BCUT2D eigenvalue weighted by Gasteiger charge is -2.33. The minimum absolute atomic E-state index is 0.251. The van der Waals surface area contributed by atoms with E-state index in [0.29, 0.717) is 41.6 Å². The number of hydrogen-bond acceptors (Lipinski definition) is 8. The molecular weight excluding hydrogens is 470 g/mol. The number of fused-ring (bicyclic) bond motifs is 1. The molecule has 9 heteroatoms. The minimum Gasteiger partial charge on any atom is -0.463 e. The molecule has 1 aromatic heterocycles. The van der Waals surface area contributed by atoms with Gasteiger partial charge in [0, 0.05) is 17.5 Å². The molecule has 1 atom stereocenters. The molecule has 2 aliphatic rings. The van der Waals surface area contributed by atoms with Crippen LogP contribution in [0.4, 0.5) is 11.5 Å². The number of nitrogens with two attached hydrogens (primary N) is 1. The summed E-state index contributed by atoms with van der Waals surface area (Å²) in [5.41, 5.74) is 8.10. The van der Waals surface area contributed by atoms with Crippen molar-refractivity contribution in [2.45, 2.75) is 77.9 Å². The molecule has 1 saturated carbocycles. The van der Waals surface area contributed by atoms with E-state index in [-0.39, 0.29) is 6.61 Å².